The van der Waals surface area contributed by atoms with Gasteiger partial charge in [-0.15, -0.1) is 11.8 Å². The minimum Gasteiger partial charge on any atom is -0.389 e. The maximum atomic E-state index is 5.93. The van der Waals surface area contributed by atoms with E-state index in [0.29, 0.717) is 4.99 Å². The molecule has 0 atom stereocenters. The molecule has 0 aliphatic carbocycles. The number of nitrogens with zero attached hydrogens (tertiary/aromatic N) is 1. The van der Waals surface area contributed by atoms with Gasteiger partial charge in [-0.1, -0.05) is 52.4 Å². The van der Waals surface area contributed by atoms with Crippen molar-refractivity contribution in [3.63, 3.8) is 0 Å². The molecule has 2 aromatic carbocycles. The number of thioether (sulfide) groups is 1. The Morgan fingerprint density at radius 3 is 2.57 bits per heavy atom. The van der Waals surface area contributed by atoms with E-state index in [9.17, 15) is 0 Å². The van der Waals surface area contributed by atoms with E-state index in [2.05, 4.69) is 52.1 Å². The van der Waals surface area contributed by atoms with Crippen LogP contribution in [0.1, 0.15) is 11.1 Å². The van der Waals surface area contributed by atoms with Gasteiger partial charge in [0.1, 0.15) is 4.99 Å². The van der Waals surface area contributed by atoms with E-state index >= 15 is 0 Å². The van der Waals surface area contributed by atoms with Crippen LogP contribution < -0.4 is 10.6 Å². The van der Waals surface area contributed by atoms with Gasteiger partial charge in [-0.25, -0.2) is 0 Å². The highest BCUT2D eigenvalue weighted by molar-refractivity contribution is 9.10. The van der Waals surface area contributed by atoms with Gasteiger partial charge in [-0.2, -0.15) is 0 Å². The summed E-state index contributed by atoms with van der Waals surface area (Å²) in [5.41, 5.74) is 9.17. The molecule has 0 unspecified atom stereocenters. The third-order valence-electron chi connectivity index (χ3n) is 3.25. The Morgan fingerprint density at radius 1 is 1.24 bits per heavy atom. The third kappa shape index (κ3) is 3.78. The molecule has 110 valence electrons. The molecule has 0 radical (unpaired) electrons. The van der Waals surface area contributed by atoms with Gasteiger partial charge in [0.15, 0.2) is 0 Å². The Balaban J connectivity index is 2.37. The summed E-state index contributed by atoms with van der Waals surface area (Å²) in [5, 5.41) is 0. The molecular formula is C16H17BrN2S2. The van der Waals surface area contributed by atoms with Crippen LogP contribution in [0.25, 0.3) is 0 Å². The first-order chi connectivity index (χ1) is 10.0. The summed E-state index contributed by atoms with van der Waals surface area (Å²) in [4.78, 5) is 3.72. The predicted octanol–water partition coefficient (Wildman–Crippen LogP) is 4.44. The van der Waals surface area contributed by atoms with E-state index in [1.165, 1.54) is 5.56 Å². The summed E-state index contributed by atoms with van der Waals surface area (Å²) < 4.78 is 1.11. The molecular weight excluding hydrogens is 364 g/mol. The zero-order chi connectivity index (χ0) is 15.4. The van der Waals surface area contributed by atoms with Gasteiger partial charge in [0.05, 0.1) is 0 Å². The highest BCUT2D eigenvalue weighted by atomic mass is 79.9. The van der Waals surface area contributed by atoms with E-state index in [4.69, 9.17) is 18.0 Å². The zero-order valence-corrected chi connectivity index (χ0v) is 15.2. The fourth-order valence-electron chi connectivity index (χ4n) is 2.22. The van der Waals surface area contributed by atoms with Crippen molar-refractivity contribution in [2.75, 3.05) is 18.2 Å². The average molecular weight is 381 g/mol. The second kappa shape index (κ2) is 7.29. The van der Waals surface area contributed by atoms with Gasteiger partial charge in [0.2, 0.25) is 0 Å². The van der Waals surface area contributed by atoms with Gasteiger partial charge < -0.3 is 10.6 Å². The van der Waals surface area contributed by atoms with Crippen LogP contribution in [0.4, 0.5) is 5.69 Å². The van der Waals surface area contributed by atoms with Crippen LogP contribution in [0.15, 0.2) is 51.8 Å². The Hall–Kier alpha value is -1.04. The van der Waals surface area contributed by atoms with Crippen LogP contribution in [-0.4, -0.2) is 18.3 Å². The molecule has 0 aliphatic rings. The summed E-state index contributed by atoms with van der Waals surface area (Å²) in [6, 6.07) is 14.4. The third-order valence-corrected chi connectivity index (χ3v) is 5.00. The highest BCUT2D eigenvalue weighted by Gasteiger charge is 2.14. The average Bonchev–Trinajstić information content (AvgIpc) is 2.48. The van der Waals surface area contributed by atoms with Crippen molar-refractivity contribution in [3.8, 4) is 0 Å². The molecule has 0 fully saturated rings. The van der Waals surface area contributed by atoms with Gasteiger partial charge >= 0.3 is 0 Å². The fourth-order valence-corrected chi connectivity index (χ4v) is 3.55. The van der Waals surface area contributed by atoms with E-state index in [-0.39, 0.29) is 0 Å². The SMILES string of the molecule is CSc1cccc(N(C)Cc2ccccc2Br)c1C(N)=S. The molecule has 0 bridgehead atoms. The molecule has 0 aromatic heterocycles. The highest BCUT2D eigenvalue weighted by Crippen LogP contribution is 2.30. The molecule has 2 nitrogen and oxygen atoms in total. The summed E-state index contributed by atoms with van der Waals surface area (Å²) in [7, 11) is 2.06. The first-order valence-electron chi connectivity index (χ1n) is 6.46. The second-order valence-electron chi connectivity index (χ2n) is 4.67. The van der Waals surface area contributed by atoms with Crippen LogP contribution >= 0.6 is 39.9 Å². The van der Waals surface area contributed by atoms with Crippen molar-refractivity contribution in [2.24, 2.45) is 5.73 Å². The number of nitrogens with two attached hydrogens (primary N) is 1. The lowest BCUT2D eigenvalue weighted by Gasteiger charge is -2.24. The number of benzene rings is 2. The first-order valence-corrected chi connectivity index (χ1v) is 8.88. The summed E-state index contributed by atoms with van der Waals surface area (Å²) in [6.45, 7) is 0.787. The van der Waals surface area contributed by atoms with Crippen molar-refractivity contribution >= 4 is 50.6 Å². The minimum absolute atomic E-state index is 0.439. The summed E-state index contributed by atoms with van der Waals surface area (Å²) in [5.74, 6) is 0. The number of anilines is 1. The van der Waals surface area contributed by atoms with Crippen LogP contribution in [0.5, 0.6) is 0 Å². The molecule has 0 aliphatic heterocycles. The molecule has 21 heavy (non-hydrogen) atoms. The smallest absolute Gasteiger partial charge is 0.107 e. The number of rotatable bonds is 5. The number of hydrogen-bond acceptors (Lipinski definition) is 3. The normalized spacial score (nSPS) is 10.4. The Kier molecular flexibility index (Phi) is 5.67. The fraction of sp³-hybridized carbons (Fsp3) is 0.188. The van der Waals surface area contributed by atoms with E-state index in [0.717, 1.165) is 27.2 Å². The molecule has 0 heterocycles. The molecule has 0 spiro atoms. The Bertz CT molecular complexity index is 658. The van der Waals surface area contributed by atoms with Crippen LogP contribution in [0.2, 0.25) is 0 Å². The summed E-state index contributed by atoms with van der Waals surface area (Å²) >= 11 is 10.5. The quantitative estimate of drug-likeness (QED) is 0.613. The van der Waals surface area contributed by atoms with Crippen LogP contribution in [0.3, 0.4) is 0 Å². The number of thiocarbonyl (C=S) groups is 1. The predicted molar refractivity (Wildman–Crippen MR) is 100 cm³/mol. The van der Waals surface area contributed by atoms with E-state index in [1.807, 2.05) is 24.5 Å². The van der Waals surface area contributed by atoms with Gasteiger partial charge in [0.25, 0.3) is 0 Å². The largest absolute Gasteiger partial charge is 0.389 e. The zero-order valence-electron chi connectivity index (χ0n) is 12.0. The maximum absolute atomic E-state index is 5.93. The van der Waals surface area contributed by atoms with E-state index < -0.39 is 0 Å². The molecule has 0 saturated heterocycles. The van der Waals surface area contributed by atoms with E-state index in [1.54, 1.807) is 11.8 Å². The van der Waals surface area contributed by atoms with Crippen molar-refractivity contribution in [1.29, 1.82) is 0 Å². The Labute approximate surface area is 143 Å². The summed E-state index contributed by atoms with van der Waals surface area (Å²) in [6.07, 6.45) is 2.04. The molecule has 2 N–H and O–H groups in total. The van der Waals surface area contributed by atoms with Crippen molar-refractivity contribution in [1.82, 2.24) is 0 Å². The number of hydrogen-bond donors (Lipinski definition) is 1. The van der Waals surface area contributed by atoms with Crippen LogP contribution in [-0.2, 0) is 6.54 Å². The minimum atomic E-state index is 0.439. The molecule has 0 saturated carbocycles. The monoisotopic (exact) mass is 380 g/mol. The van der Waals surface area contributed by atoms with Crippen molar-refractivity contribution in [2.45, 2.75) is 11.4 Å². The maximum Gasteiger partial charge on any atom is 0.107 e. The number of halogens is 1. The van der Waals surface area contributed by atoms with Crippen molar-refractivity contribution in [3.05, 3.63) is 58.1 Å². The van der Waals surface area contributed by atoms with Gasteiger partial charge in [0, 0.05) is 34.2 Å². The van der Waals surface area contributed by atoms with Gasteiger partial charge in [-0.3, -0.25) is 0 Å². The first kappa shape index (κ1) is 16.3. The van der Waals surface area contributed by atoms with Crippen molar-refractivity contribution < 1.29 is 0 Å². The topological polar surface area (TPSA) is 29.3 Å². The lowest BCUT2D eigenvalue weighted by atomic mass is 10.1. The van der Waals surface area contributed by atoms with Gasteiger partial charge in [-0.05, 0) is 30.0 Å². The second-order valence-corrected chi connectivity index (χ2v) is 6.81. The molecule has 0 amide bonds. The standard InChI is InChI=1S/C16H17BrN2S2/c1-19(10-11-6-3-4-7-12(11)17)13-8-5-9-14(21-2)15(13)16(18)20/h3-9H,10H2,1-2H3,(H2,18,20). The molecule has 2 aromatic rings. The molecule has 2 rings (SSSR count). The Morgan fingerprint density at radius 2 is 1.95 bits per heavy atom. The van der Waals surface area contributed by atoms with Crippen LogP contribution in [0, 0.1) is 0 Å². The lowest BCUT2D eigenvalue weighted by Crippen LogP contribution is -2.22. The lowest BCUT2D eigenvalue weighted by molar-refractivity contribution is 0.914. The molecule has 5 heteroatoms.